The van der Waals surface area contributed by atoms with Gasteiger partial charge >= 0.3 is 17.9 Å². The van der Waals surface area contributed by atoms with Crippen LogP contribution in [-0.2, 0) is 29.4 Å². The van der Waals surface area contributed by atoms with E-state index in [4.69, 9.17) is 14.2 Å². The molecule has 0 saturated heterocycles. The molecule has 0 fully saturated rings. The van der Waals surface area contributed by atoms with Crippen molar-refractivity contribution in [2.75, 3.05) is 6.61 Å². The summed E-state index contributed by atoms with van der Waals surface area (Å²) in [6.45, 7) is 10.9. The van der Waals surface area contributed by atoms with Crippen molar-refractivity contribution in [3.8, 4) is 0 Å². The molecule has 1 heterocycles. The van der Waals surface area contributed by atoms with Crippen LogP contribution in [0.2, 0.25) is 0 Å². The third-order valence-corrected chi connectivity index (χ3v) is 5.53. The van der Waals surface area contributed by atoms with E-state index >= 15 is 0 Å². The number of carbonyl (C=O) groups excluding carboxylic acids is 3. The Kier molecular flexibility index (Phi) is 6.60. The van der Waals surface area contributed by atoms with E-state index < -0.39 is 35.0 Å². The molecule has 0 N–H and O–H groups in total. The molecule has 7 heteroatoms. The van der Waals surface area contributed by atoms with Crippen LogP contribution in [0.25, 0.3) is 0 Å². The van der Waals surface area contributed by atoms with Gasteiger partial charge in [0.1, 0.15) is 5.60 Å². The molecule has 0 aliphatic carbocycles. The van der Waals surface area contributed by atoms with E-state index in [9.17, 15) is 14.4 Å². The predicted octanol–water partition coefficient (Wildman–Crippen LogP) is 5.06. The Labute approximate surface area is 195 Å². The predicted molar refractivity (Wildman–Crippen MR) is 122 cm³/mol. The van der Waals surface area contributed by atoms with Gasteiger partial charge in [-0.1, -0.05) is 52.8 Å². The van der Waals surface area contributed by atoms with E-state index in [0.717, 1.165) is 4.47 Å². The van der Waals surface area contributed by atoms with E-state index in [-0.39, 0.29) is 17.7 Å². The number of fused-ring (bicyclic) bond motifs is 1. The minimum Gasteiger partial charge on any atom is -0.463 e. The highest BCUT2D eigenvalue weighted by molar-refractivity contribution is 9.10. The highest BCUT2D eigenvalue weighted by Gasteiger charge is 2.60. The zero-order valence-electron chi connectivity index (χ0n) is 18.4. The van der Waals surface area contributed by atoms with Gasteiger partial charge in [-0.3, -0.25) is 0 Å². The number of cyclic esters (lactones) is 1. The summed E-state index contributed by atoms with van der Waals surface area (Å²) >= 11 is 3.40. The first-order chi connectivity index (χ1) is 15.0. The van der Waals surface area contributed by atoms with Crippen LogP contribution in [0.1, 0.15) is 55.1 Å². The van der Waals surface area contributed by atoms with Crippen molar-refractivity contribution in [1.29, 1.82) is 0 Å². The molecule has 2 aromatic carbocycles. The number of hydrogen-bond acceptors (Lipinski definition) is 6. The van der Waals surface area contributed by atoms with Gasteiger partial charge in [-0.25, -0.2) is 14.4 Å². The molecule has 2 aromatic rings. The zero-order valence-corrected chi connectivity index (χ0v) is 20.0. The molecule has 2 atom stereocenters. The van der Waals surface area contributed by atoms with Gasteiger partial charge < -0.3 is 14.2 Å². The van der Waals surface area contributed by atoms with Gasteiger partial charge in [-0.2, -0.15) is 0 Å². The maximum atomic E-state index is 13.8. The van der Waals surface area contributed by atoms with Crippen molar-refractivity contribution >= 4 is 33.8 Å². The second kappa shape index (κ2) is 8.90. The van der Waals surface area contributed by atoms with E-state index in [1.54, 1.807) is 76.2 Å². The van der Waals surface area contributed by atoms with Crippen LogP contribution in [0.4, 0.5) is 0 Å². The van der Waals surface area contributed by atoms with Crippen molar-refractivity contribution in [3.63, 3.8) is 0 Å². The summed E-state index contributed by atoms with van der Waals surface area (Å²) in [5.41, 5.74) is -1.75. The number of halogens is 1. The average Bonchev–Trinajstić information content (AvgIpc) is 3.02. The van der Waals surface area contributed by atoms with Crippen LogP contribution in [-0.4, -0.2) is 30.1 Å². The Morgan fingerprint density at radius 1 is 1.12 bits per heavy atom. The third-order valence-electron chi connectivity index (χ3n) is 5.00. The molecule has 6 nitrogen and oxygen atoms in total. The zero-order chi connectivity index (χ0) is 23.7. The topological polar surface area (TPSA) is 78.9 Å². The summed E-state index contributed by atoms with van der Waals surface area (Å²) in [7, 11) is 0. The lowest BCUT2D eigenvalue weighted by Crippen LogP contribution is -2.47. The minimum absolute atomic E-state index is 0.0236. The van der Waals surface area contributed by atoms with Gasteiger partial charge in [-0.15, -0.1) is 0 Å². The molecule has 168 valence electrons. The first-order valence-electron chi connectivity index (χ1n) is 10.2. The summed E-state index contributed by atoms with van der Waals surface area (Å²) < 4.78 is 17.5. The first-order valence-corrected chi connectivity index (χ1v) is 11.0. The maximum Gasteiger partial charge on any atom is 0.357 e. The normalized spacial score (nSPS) is 18.3. The minimum atomic E-state index is -1.95. The summed E-state index contributed by atoms with van der Waals surface area (Å²) in [5.74, 6) is -3.23. The molecular formula is C25H25BrO6. The van der Waals surface area contributed by atoms with Crippen molar-refractivity contribution < 1.29 is 28.6 Å². The van der Waals surface area contributed by atoms with Gasteiger partial charge in [0, 0.05) is 15.6 Å². The second-order valence-electron chi connectivity index (χ2n) is 8.40. The largest absolute Gasteiger partial charge is 0.463 e. The molecule has 0 radical (unpaired) electrons. The number of esters is 3. The van der Waals surface area contributed by atoms with Gasteiger partial charge in [0.05, 0.1) is 18.1 Å². The molecule has 0 aromatic heterocycles. The van der Waals surface area contributed by atoms with Crippen molar-refractivity contribution in [1.82, 2.24) is 0 Å². The van der Waals surface area contributed by atoms with Crippen LogP contribution in [0.3, 0.4) is 0 Å². The fraction of sp³-hybridized carbons (Fsp3) is 0.320. The maximum absolute atomic E-state index is 13.8. The molecule has 0 saturated carbocycles. The highest BCUT2D eigenvalue weighted by Crippen LogP contribution is 2.51. The van der Waals surface area contributed by atoms with Crippen molar-refractivity contribution in [3.05, 3.63) is 81.8 Å². The monoisotopic (exact) mass is 500 g/mol. The fourth-order valence-electron chi connectivity index (χ4n) is 3.76. The number of rotatable bonds is 6. The standard InChI is InChI=1S/C25H25BrO6/c1-6-30-21(27)15(2)20(16-11-13-17(26)14-12-16)25(23(29)32-24(3,4)5)19-10-8-7-9-18(19)22(28)31-25/h7-14,20H,2,6H2,1,3-5H3/t20-,25-/m1/s1. The van der Waals surface area contributed by atoms with Crippen LogP contribution in [0, 0.1) is 0 Å². The Morgan fingerprint density at radius 2 is 1.75 bits per heavy atom. The number of ether oxygens (including phenoxy) is 3. The Hall–Kier alpha value is -2.93. The van der Waals surface area contributed by atoms with Crippen molar-refractivity contribution in [2.45, 2.75) is 44.8 Å². The van der Waals surface area contributed by atoms with Gasteiger partial charge in [0.25, 0.3) is 0 Å². The van der Waals surface area contributed by atoms with Crippen LogP contribution in [0.5, 0.6) is 0 Å². The molecule has 0 amide bonds. The molecule has 3 rings (SSSR count). The Morgan fingerprint density at radius 3 is 2.34 bits per heavy atom. The second-order valence-corrected chi connectivity index (χ2v) is 9.32. The molecule has 1 aliphatic heterocycles. The lowest BCUT2D eigenvalue weighted by Gasteiger charge is -2.37. The molecule has 0 unspecified atom stereocenters. The van der Waals surface area contributed by atoms with Gasteiger partial charge in [0.15, 0.2) is 0 Å². The van der Waals surface area contributed by atoms with Crippen LogP contribution in [0.15, 0.2) is 65.2 Å². The van der Waals surface area contributed by atoms with Gasteiger partial charge in [-0.05, 0) is 51.5 Å². The van der Waals surface area contributed by atoms with Crippen LogP contribution < -0.4 is 0 Å². The first kappa shape index (κ1) is 23.7. The smallest absolute Gasteiger partial charge is 0.357 e. The number of hydrogen-bond donors (Lipinski definition) is 0. The van der Waals surface area contributed by atoms with E-state index in [2.05, 4.69) is 22.5 Å². The van der Waals surface area contributed by atoms with Gasteiger partial charge in [0.2, 0.25) is 5.60 Å². The summed E-state index contributed by atoms with van der Waals surface area (Å²) in [4.78, 5) is 39.4. The lowest BCUT2D eigenvalue weighted by atomic mass is 9.73. The Balaban J connectivity index is 2.31. The van der Waals surface area contributed by atoms with E-state index in [0.29, 0.717) is 11.1 Å². The molecule has 0 bridgehead atoms. The van der Waals surface area contributed by atoms with E-state index in [1.807, 2.05) is 0 Å². The number of benzene rings is 2. The third kappa shape index (κ3) is 4.35. The molecule has 32 heavy (non-hydrogen) atoms. The van der Waals surface area contributed by atoms with E-state index in [1.165, 1.54) is 0 Å². The SMILES string of the molecule is C=C(C(=O)OCC)[C@H](c1ccc(Br)cc1)[C@]1(C(=O)OC(C)(C)C)OC(=O)c2ccccc21. The summed E-state index contributed by atoms with van der Waals surface area (Å²) in [6.07, 6.45) is 0. The van der Waals surface area contributed by atoms with Crippen molar-refractivity contribution in [2.24, 2.45) is 0 Å². The average molecular weight is 501 g/mol. The summed E-state index contributed by atoms with van der Waals surface area (Å²) in [5, 5.41) is 0. The Bertz CT molecular complexity index is 1070. The summed E-state index contributed by atoms with van der Waals surface area (Å²) in [6, 6.07) is 13.6. The lowest BCUT2D eigenvalue weighted by molar-refractivity contribution is -0.179. The molecular weight excluding hydrogens is 476 g/mol. The quantitative estimate of drug-likeness (QED) is 0.313. The fourth-order valence-corrected chi connectivity index (χ4v) is 4.02. The number of carbonyl (C=O) groups is 3. The molecule has 0 spiro atoms. The molecule has 1 aliphatic rings. The van der Waals surface area contributed by atoms with Crippen LogP contribution >= 0.6 is 15.9 Å². The highest BCUT2D eigenvalue weighted by atomic mass is 79.9.